The van der Waals surface area contributed by atoms with Crippen molar-refractivity contribution in [3.63, 3.8) is 0 Å². The monoisotopic (exact) mass is 424 g/mol. The van der Waals surface area contributed by atoms with E-state index in [0.29, 0.717) is 31.7 Å². The number of carbonyl (C=O) groups excluding carboxylic acids is 2. The summed E-state index contributed by atoms with van der Waals surface area (Å²) in [5.41, 5.74) is 6.12. The number of likely N-dealkylation sites (tertiary alicyclic amines) is 1. The molecule has 0 aromatic heterocycles. The molecule has 10 heteroatoms. The molecule has 0 unspecified atom stereocenters. The lowest BCUT2D eigenvalue weighted by Crippen LogP contribution is -2.51. The molecule has 9 nitrogen and oxygen atoms in total. The summed E-state index contributed by atoms with van der Waals surface area (Å²) in [5, 5.41) is 0. The number of nitrogens with zero attached hydrogens (tertiary/aromatic N) is 2. The van der Waals surface area contributed by atoms with Gasteiger partial charge in [0.05, 0.1) is 12.8 Å². The van der Waals surface area contributed by atoms with Crippen LogP contribution in [0.15, 0.2) is 23.1 Å². The lowest BCUT2D eigenvalue weighted by Gasteiger charge is -2.29. The van der Waals surface area contributed by atoms with E-state index in [1.165, 1.54) is 13.2 Å². The predicted octanol–water partition coefficient (Wildman–Crippen LogP) is 0.440. The number of carbonyl (C=O) groups is 2. The number of ether oxygens (including phenoxy) is 1. The summed E-state index contributed by atoms with van der Waals surface area (Å²) in [7, 11) is -2.74. The van der Waals surface area contributed by atoms with Gasteiger partial charge in [0.1, 0.15) is 10.9 Å². The van der Waals surface area contributed by atoms with Gasteiger partial charge in [0.2, 0.25) is 21.8 Å². The Bertz CT molecular complexity index is 867. The highest BCUT2D eigenvalue weighted by Gasteiger charge is 2.33. The highest BCUT2D eigenvalue weighted by Crippen LogP contribution is 2.36. The van der Waals surface area contributed by atoms with Crippen molar-refractivity contribution < 1.29 is 22.7 Å². The first-order chi connectivity index (χ1) is 13.9. The van der Waals surface area contributed by atoms with E-state index >= 15 is 0 Å². The number of sulfonamides is 1. The number of nitrogens with one attached hydrogen (secondary N) is 1. The van der Waals surface area contributed by atoms with Crippen molar-refractivity contribution in [2.75, 3.05) is 38.2 Å². The summed E-state index contributed by atoms with van der Waals surface area (Å²) in [6, 6.07) is 3.57. The molecule has 1 aromatic rings. The second-order valence-electron chi connectivity index (χ2n) is 7.25. The van der Waals surface area contributed by atoms with E-state index < -0.39 is 16.1 Å². The molecule has 0 saturated carbocycles. The molecule has 2 fully saturated rings. The zero-order chi connectivity index (χ0) is 21.0. The predicted molar refractivity (Wildman–Crippen MR) is 108 cm³/mol. The quantitative estimate of drug-likeness (QED) is 0.655. The molecule has 160 valence electrons. The third kappa shape index (κ3) is 4.54. The smallest absolute Gasteiger partial charge is 0.245 e. The molecule has 0 spiro atoms. The molecule has 3 N–H and O–H groups in total. The molecule has 29 heavy (non-hydrogen) atoms. The third-order valence-corrected chi connectivity index (χ3v) is 6.81. The summed E-state index contributed by atoms with van der Waals surface area (Å²) in [5.74, 6) is -0.310. The Balaban J connectivity index is 1.90. The van der Waals surface area contributed by atoms with Gasteiger partial charge in [-0.1, -0.05) is 6.07 Å². The van der Waals surface area contributed by atoms with Gasteiger partial charge in [0, 0.05) is 32.6 Å². The van der Waals surface area contributed by atoms with E-state index in [-0.39, 0.29) is 29.0 Å². The fourth-order valence-electron chi connectivity index (χ4n) is 3.80. The minimum Gasteiger partial charge on any atom is -0.493 e. The first-order valence-electron chi connectivity index (χ1n) is 9.87. The SMILES string of the molecule is COc1c(N2CCCCC2=O)cccc1S(=O)(=O)N[C@@H](CN)C(=O)N1CCCC1. The van der Waals surface area contributed by atoms with Crippen LogP contribution < -0.4 is 20.1 Å². The second kappa shape index (κ2) is 9.10. The highest BCUT2D eigenvalue weighted by molar-refractivity contribution is 7.89. The molecular weight excluding hydrogens is 396 g/mol. The first-order valence-corrected chi connectivity index (χ1v) is 11.4. The van der Waals surface area contributed by atoms with Crippen LogP contribution in [0.3, 0.4) is 0 Å². The number of nitrogens with two attached hydrogens (primary N) is 1. The molecular formula is C19H28N4O5S. The lowest BCUT2D eigenvalue weighted by molar-refractivity contribution is -0.131. The van der Waals surface area contributed by atoms with E-state index in [9.17, 15) is 18.0 Å². The first kappa shape index (κ1) is 21.5. The van der Waals surface area contributed by atoms with Crippen LogP contribution in [-0.4, -0.2) is 64.5 Å². The van der Waals surface area contributed by atoms with Gasteiger partial charge in [-0.05, 0) is 37.8 Å². The van der Waals surface area contributed by atoms with Gasteiger partial charge >= 0.3 is 0 Å². The summed E-state index contributed by atoms with van der Waals surface area (Å²) >= 11 is 0. The molecule has 0 aliphatic carbocycles. The fourth-order valence-corrected chi connectivity index (χ4v) is 5.19. The average molecular weight is 425 g/mol. The fraction of sp³-hybridized carbons (Fsp3) is 0.579. The highest BCUT2D eigenvalue weighted by atomic mass is 32.2. The van der Waals surface area contributed by atoms with Crippen LogP contribution in [0.1, 0.15) is 32.1 Å². The van der Waals surface area contributed by atoms with Gasteiger partial charge in [0.15, 0.2) is 5.75 Å². The maximum absolute atomic E-state index is 13.1. The number of rotatable bonds is 7. The number of para-hydroxylation sites is 1. The van der Waals surface area contributed by atoms with E-state index in [0.717, 1.165) is 25.7 Å². The number of methoxy groups -OCH3 is 1. The van der Waals surface area contributed by atoms with Crippen molar-refractivity contribution in [1.82, 2.24) is 9.62 Å². The summed E-state index contributed by atoms with van der Waals surface area (Å²) in [4.78, 5) is 28.0. The van der Waals surface area contributed by atoms with Crippen LogP contribution in [0.2, 0.25) is 0 Å². The molecule has 2 saturated heterocycles. The van der Waals surface area contributed by atoms with Gasteiger partial charge in [-0.3, -0.25) is 9.59 Å². The van der Waals surface area contributed by atoms with Crippen molar-refractivity contribution in [3.05, 3.63) is 18.2 Å². The van der Waals surface area contributed by atoms with E-state index in [4.69, 9.17) is 10.5 Å². The van der Waals surface area contributed by atoms with E-state index in [1.807, 2.05) is 0 Å². The Morgan fingerprint density at radius 2 is 1.90 bits per heavy atom. The maximum atomic E-state index is 13.1. The van der Waals surface area contributed by atoms with Gasteiger partial charge < -0.3 is 20.3 Å². The number of anilines is 1. The Morgan fingerprint density at radius 3 is 2.52 bits per heavy atom. The molecule has 3 rings (SSSR count). The zero-order valence-electron chi connectivity index (χ0n) is 16.6. The molecule has 1 aromatic carbocycles. The molecule has 2 aliphatic rings. The van der Waals surface area contributed by atoms with Crippen LogP contribution in [0.5, 0.6) is 5.75 Å². The minimum atomic E-state index is -4.11. The number of hydrogen-bond acceptors (Lipinski definition) is 6. The largest absolute Gasteiger partial charge is 0.493 e. The van der Waals surface area contributed by atoms with Gasteiger partial charge in [-0.15, -0.1) is 0 Å². The number of hydrogen-bond donors (Lipinski definition) is 2. The molecule has 2 heterocycles. The standard InChI is InChI=1S/C19H28N4O5S/c1-28-18-15(23-12-3-2-9-17(23)24)7-6-8-16(18)29(26,27)21-14(13-20)19(25)22-10-4-5-11-22/h6-8,14,21H,2-5,9-13,20H2,1H3/t14-/m0/s1. The lowest BCUT2D eigenvalue weighted by atomic mass is 10.1. The summed E-state index contributed by atoms with van der Waals surface area (Å²) in [6.45, 7) is 1.56. The Morgan fingerprint density at radius 1 is 1.21 bits per heavy atom. The second-order valence-corrected chi connectivity index (χ2v) is 8.94. The molecule has 1 atom stereocenters. The van der Waals surface area contributed by atoms with E-state index in [1.54, 1.807) is 21.9 Å². The normalized spacial score (nSPS) is 18.8. The van der Waals surface area contributed by atoms with Crippen LogP contribution in [0.4, 0.5) is 5.69 Å². The molecule has 0 radical (unpaired) electrons. The summed E-state index contributed by atoms with van der Waals surface area (Å²) in [6.07, 6.45) is 3.86. The van der Waals surface area contributed by atoms with Crippen molar-refractivity contribution >= 4 is 27.5 Å². The topological polar surface area (TPSA) is 122 Å². The number of piperidine rings is 1. The Kier molecular flexibility index (Phi) is 6.76. The van der Waals surface area contributed by atoms with Crippen molar-refractivity contribution in [1.29, 1.82) is 0 Å². The molecule has 0 bridgehead atoms. The van der Waals surface area contributed by atoms with Crippen molar-refractivity contribution in [2.24, 2.45) is 5.73 Å². The third-order valence-electron chi connectivity index (χ3n) is 5.31. The van der Waals surface area contributed by atoms with Crippen molar-refractivity contribution in [2.45, 2.75) is 43.0 Å². The van der Waals surface area contributed by atoms with Gasteiger partial charge in [-0.25, -0.2) is 8.42 Å². The molecule has 2 amide bonds. The van der Waals surface area contributed by atoms with Gasteiger partial charge in [-0.2, -0.15) is 4.72 Å². The van der Waals surface area contributed by atoms with Crippen LogP contribution in [0, 0.1) is 0 Å². The van der Waals surface area contributed by atoms with E-state index in [2.05, 4.69) is 4.72 Å². The van der Waals surface area contributed by atoms with Crippen LogP contribution >= 0.6 is 0 Å². The summed E-state index contributed by atoms with van der Waals surface area (Å²) < 4.78 is 34.0. The van der Waals surface area contributed by atoms with Gasteiger partial charge in [0.25, 0.3) is 0 Å². The molecule has 2 aliphatic heterocycles. The average Bonchev–Trinajstić information content (AvgIpc) is 3.26. The minimum absolute atomic E-state index is 0.0684. The number of amides is 2. The zero-order valence-corrected chi connectivity index (χ0v) is 17.4. The Hall–Kier alpha value is -2.17. The van der Waals surface area contributed by atoms with Crippen molar-refractivity contribution in [3.8, 4) is 5.75 Å². The maximum Gasteiger partial charge on any atom is 0.245 e. The number of benzene rings is 1. The van der Waals surface area contributed by atoms with Crippen LogP contribution in [-0.2, 0) is 19.6 Å². The Labute approximate surface area is 171 Å². The van der Waals surface area contributed by atoms with Crippen LogP contribution in [0.25, 0.3) is 0 Å².